The summed E-state index contributed by atoms with van der Waals surface area (Å²) in [4.78, 5) is 12.3. The first kappa shape index (κ1) is 15.8. The third kappa shape index (κ3) is 4.19. The number of benzene rings is 1. The van der Waals surface area contributed by atoms with Crippen molar-refractivity contribution in [3.8, 4) is 5.75 Å². The molecule has 0 aromatic heterocycles. The zero-order valence-electron chi connectivity index (χ0n) is 12.7. The fraction of sp³-hybridized carbons (Fsp3) is 0.562. The Morgan fingerprint density at radius 1 is 1.48 bits per heavy atom. The van der Waals surface area contributed by atoms with Crippen molar-refractivity contribution in [1.82, 2.24) is 0 Å². The number of hydrogen-bond acceptors (Lipinski definition) is 4. The summed E-state index contributed by atoms with van der Waals surface area (Å²) < 4.78 is 11.3. The van der Waals surface area contributed by atoms with Crippen LogP contribution in [0.1, 0.15) is 31.7 Å². The molecule has 116 valence electrons. The first-order chi connectivity index (χ1) is 10.1. The minimum atomic E-state index is -0.418. The van der Waals surface area contributed by atoms with Crippen molar-refractivity contribution in [2.75, 3.05) is 18.5 Å². The molecule has 2 rings (SSSR count). The summed E-state index contributed by atoms with van der Waals surface area (Å²) in [5.41, 5.74) is 7.36. The number of anilines is 1. The van der Waals surface area contributed by atoms with Gasteiger partial charge in [-0.05, 0) is 43.9 Å². The van der Waals surface area contributed by atoms with Gasteiger partial charge in [-0.15, -0.1) is 0 Å². The molecule has 1 heterocycles. The highest BCUT2D eigenvalue weighted by Crippen LogP contribution is 2.27. The molecule has 0 radical (unpaired) electrons. The van der Waals surface area contributed by atoms with Crippen LogP contribution in [0.5, 0.6) is 5.75 Å². The van der Waals surface area contributed by atoms with Crippen molar-refractivity contribution in [2.45, 2.75) is 45.3 Å². The number of nitrogens with one attached hydrogen (secondary N) is 1. The number of ether oxygens (including phenoxy) is 2. The van der Waals surface area contributed by atoms with Gasteiger partial charge in [-0.2, -0.15) is 0 Å². The topological polar surface area (TPSA) is 73.6 Å². The molecule has 5 nitrogen and oxygen atoms in total. The summed E-state index contributed by atoms with van der Waals surface area (Å²) in [5, 5.41) is 2.90. The standard InChI is InChI=1S/C16H24N2O3/c1-3-8-20-15-9-11(2)4-6-13(15)18-16(19)14-7-5-12(10-17)21-14/h4,6,9,12,14H,3,5,7-8,10,17H2,1-2H3,(H,18,19). The van der Waals surface area contributed by atoms with Crippen LogP contribution in [0.25, 0.3) is 0 Å². The number of hydrogen-bond donors (Lipinski definition) is 2. The van der Waals surface area contributed by atoms with Gasteiger partial charge >= 0.3 is 0 Å². The molecule has 21 heavy (non-hydrogen) atoms. The molecule has 0 aliphatic carbocycles. The first-order valence-electron chi connectivity index (χ1n) is 7.54. The fourth-order valence-corrected chi connectivity index (χ4v) is 2.35. The monoisotopic (exact) mass is 292 g/mol. The molecule has 2 atom stereocenters. The van der Waals surface area contributed by atoms with E-state index in [0.717, 1.165) is 18.4 Å². The van der Waals surface area contributed by atoms with Crippen LogP contribution < -0.4 is 15.8 Å². The van der Waals surface area contributed by atoms with Crippen LogP contribution >= 0.6 is 0 Å². The van der Waals surface area contributed by atoms with Crippen molar-refractivity contribution in [3.05, 3.63) is 23.8 Å². The number of carbonyl (C=O) groups is 1. The number of amides is 1. The SMILES string of the molecule is CCCOc1cc(C)ccc1NC(=O)C1CCC(CN)O1. The van der Waals surface area contributed by atoms with E-state index in [-0.39, 0.29) is 12.0 Å². The predicted molar refractivity (Wildman–Crippen MR) is 82.5 cm³/mol. The normalized spacial score (nSPS) is 21.3. The van der Waals surface area contributed by atoms with E-state index in [2.05, 4.69) is 5.32 Å². The third-order valence-electron chi connectivity index (χ3n) is 3.52. The lowest BCUT2D eigenvalue weighted by atomic mass is 10.1. The Bertz CT molecular complexity index is 490. The van der Waals surface area contributed by atoms with E-state index in [9.17, 15) is 4.79 Å². The molecule has 0 bridgehead atoms. The lowest BCUT2D eigenvalue weighted by Crippen LogP contribution is -2.30. The zero-order valence-corrected chi connectivity index (χ0v) is 12.7. The molecule has 0 saturated carbocycles. The molecule has 3 N–H and O–H groups in total. The van der Waals surface area contributed by atoms with E-state index in [0.29, 0.717) is 31.0 Å². The minimum absolute atomic E-state index is 0.00502. The number of nitrogens with two attached hydrogens (primary N) is 1. The molecule has 5 heteroatoms. The van der Waals surface area contributed by atoms with Gasteiger partial charge in [0.25, 0.3) is 5.91 Å². The van der Waals surface area contributed by atoms with E-state index in [1.807, 2.05) is 32.0 Å². The molecule has 1 aliphatic rings. The summed E-state index contributed by atoms with van der Waals surface area (Å²) in [5.74, 6) is 0.578. The molecule has 1 aromatic rings. The smallest absolute Gasteiger partial charge is 0.253 e. The van der Waals surface area contributed by atoms with E-state index < -0.39 is 6.10 Å². The van der Waals surface area contributed by atoms with Crippen LogP contribution in [0, 0.1) is 6.92 Å². The van der Waals surface area contributed by atoms with Gasteiger partial charge in [-0.25, -0.2) is 0 Å². The third-order valence-corrected chi connectivity index (χ3v) is 3.52. The van der Waals surface area contributed by atoms with E-state index in [4.69, 9.17) is 15.2 Å². The predicted octanol–water partition coefficient (Wildman–Crippen LogP) is 2.23. The van der Waals surface area contributed by atoms with Gasteiger partial charge in [0.1, 0.15) is 11.9 Å². The molecule has 1 aliphatic heterocycles. The quantitative estimate of drug-likeness (QED) is 0.843. The van der Waals surface area contributed by atoms with Crippen molar-refractivity contribution < 1.29 is 14.3 Å². The largest absolute Gasteiger partial charge is 0.491 e. The molecule has 1 fully saturated rings. The maximum atomic E-state index is 12.3. The second kappa shape index (κ2) is 7.43. The molecule has 1 amide bonds. The summed E-state index contributed by atoms with van der Waals surface area (Å²) in [6.07, 6.45) is 2.05. The lowest BCUT2D eigenvalue weighted by molar-refractivity contribution is -0.126. The Hall–Kier alpha value is -1.59. The number of rotatable bonds is 6. The minimum Gasteiger partial charge on any atom is -0.491 e. The van der Waals surface area contributed by atoms with Gasteiger partial charge in [0.2, 0.25) is 0 Å². The van der Waals surface area contributed by atoms with Crippen LogP contribution in [0.4, 0.5) is 5.69 Å². The summed E-state index contributed by atoms with van der Waals surface area (Å²) >= 11 is 0. The number of carbonyl (C=O) groups excluding carboxylic acids is 1. The molecule has 2 unspecified atom stereocenters. The van der Waals surface area contributed by atoms with Gasteiger partial charge in [0.15, 0.2) is 0 Å². The Kier molecular flexibility index (Phi) is 5.59. The highest BCUT2D eigenvalue weighted by Gasteiger charge is 2.30. The average molecular weight is 292 g/mol. The first-order valence-corrected chi connectivity index (χ1v) is 7.54. The Balaban J connectivity index is 2.03. The lowest BCUT2D eigenvalue weighted by Gasteiger charge is -2.16. The van der Waals surface area contributed by atoms with Gasteiger partial charge in [0.05, 0.1) is 18.4 Å². The highest BCUT2D eigenvalue weighted by atomic mass is 16.5. The van der Waals surface area contributed by atoms with Gasteiger partial charge in [-0.3, -0.25) is 4.79 Å². The van der Waals surface area contributed by atoms with E-state index in [1.165, 1.54) is 0 Å². The van der Waals surface area contributed by atoms with E-state index >= 15 is 0 Å². The average Bonchev–Trinajstić information content (AvgIpc) is 2.96. The van der Waals surface area contributed by atoms with Gasteiger partial charge < -0.3 is 20.5 Å². The van der Waals surface area contributed by atoms with Crippen LogP contribution in [0.3, 0.4) is 0 Å². The van der Waals surface area contributed by atoms with E-state index in [1.54, 1.807) is 0 Å². The van der Waals surface area contributed by atoms with Crippen LogP contribution in [0.15, 0.2) is 18.2 Å². The van der Waals surface area contributed by atoms with Gasteiger partial charge in [0, 0.05) is 6.54 Å². The van der Waals surface area contributed by atoms with Crippen molar-refractivity contribution in [2.24, 2.45) is 5.73 Å². The molecule has 1 saturated heterocycles. The second-order valence-electron chi connectivity index (χ2n) is 5.40. The van der Waals surface area contributed by atoms with Crippen LogP contribution in [-0.4, -0.2) is 31.3 Å². The molecular weight excluding hydrogens is 268 g/mol. The summed E-state index contributed by atoms with van der Waals surface area (Å²) in [6.45, 7) is 5.13. The van der Waals surface area contributed by atoms with Crippen molar-refractivity contribution in [1.29, 1.82) is 0 Å². The van der Waals surface area contributed by atoms with Crippen LogP contribution in [-0.2, 0) is 9.53 Å². The fourth-order valence-electron chi connectivity index (χ4n) is 2.35. The maximum Gasteiger partial charge on any atom is 0.253 e. The van der Waals surface area contributed by atoms with Crippen LogP contribution in [0.2, 0.25) is 0 Å². The number of aryl methyl sites for hydroxylation is 1. The Labute approximate surface area is 125 Å². The van der Waals surface area contributed by atoms with Gasteiger partial charge in [-0.1, -0.05) is 13.0 Å². The molecule has 0 spiro atoms. The second-order valence-corrected chi connectivity index (χ2v) is 5.40. The summed E-state index contributed by atoms with van der Waals surface area (Å²) in [6, 6.07) is 5.75. The molecule has 1 aromatic carbocycles. The summed E-state index contributed by atoms with van der Waals surface area (Å²) in [7, 11) is 0. The highest BCUT2D eigenvalue weighted by molar-refractivity contribution is 5.95. The zero-order chi connectivity index (χ0) is 15.2. The molecular formula is C16H24N2O3. The van der Waals surface area contributed by atoms with Crippen molar-refractivity contribution in [3.63, 3.8) is 0 Å². The Morgan fingerprint density at radius 3 is 2.95 bits per heavy atom. The maximum absolute atomic E-state index is 12.3. The Morgan fingerprint density at radius 2 is 2.29 bits per heavy atom. The van der Waals surface area contributed by atoms with Crippen molar-refractivity contribution >= 4 is 11.6 Å².